The second-order valence-electron chi connectivity index (χ2n) is 11.0. The molecule has 1 aliphatic heterocycles. The number of carbonyl (C=O) groups excluding carboxylic acids is 2. The zero-order valence-electron chi connectivity index (χ0n) is 31.7. The summed E-state index contributed by atoms with van der Waals surface area (Å²) in [6, 6.07) is 16.5. The lowest BCUT2D eigenvalue weighted by Crippen LogP contribution is -2.48. The summed E-state index contributed by atoms with van der Waals surface area (Å²) in [5, 5.41) is 8.62. The number of ether oxygens (including phenoxy) is 4. The summed E-state index contributed by atoms with van der Waals surface area (Å²) < 4.78 is 20.0. The van der Waals surface area contributed by atoms with Crippen molar-refractivity contribution < 1.29 is 33.6 Å². The number of amides is 1. The summed E-state index contributed by atoms with van der Waals surface area (Å²) in [6.45, 7) is 13.6. The normalized spacial score (nSPS) is 14.1. The maximum Gasteiger partial charge on any atom is 0.226 e. The molecule has 0 radical (unpaired) electrons. The summed E-state index contributed by atoms with van der Waals surface area (Å²) in [6.07, 6.45) is 11.5. The molecule has 1 fully saturated rings. The summed E-state index contributed by atoms with van der Waals surface area (Å²) in [7, 11) is 6.58. The number of allylic oxidation sites excluding steroid dienone is 1. The number of aliphatic hydroxyl groups excluding tert-OH is 1. The van der Waals surface area contributed by atoms with E-state index in [2.05, 4.69) is 47.2 Å². The molecule has 3 rings (SSSR count). The number of nitrogens with zero attached hydrogens (tertiary/aromatic N) is 1. The van der Waals surface area contributed by atoms with Crippen LogP contribution in [0.4, 0.5) is 0 Å². The molecule has 8 nitrogen and oxygen atoms in total. The molecule has 1 heterocycles. The third kappa shape index (κ3) is 20.2. The molecule has 0 aliphatic carbocycles. The van der Waals surface area contributed by atoms with E-state index in [-0.39, 0.29) is 30.4 Å². The van der Waals surface area contributed by atoms with Gasteiger partial charge in [0, 0.05) is 26.7 Å². The van der Waals surface area contributed by atoms with Crippen LogP contribution in [0, 0.1) is 11.8 Å². The number of carbonyl (C=O) groups is 2. The zero-order chi connectivity index (χ0) is 36.6. The van der Waals surface area contributed by atoms with Crippen LogP contribution < -0.4 is 9.47 Å². The number of aryl methyl sites for hydroxylation is 2. The van der Waals surface area contributed by atoms with Gasteiger partial charge in [0.15, 0.2) is 11.5 Å². The minimum absolute atomic E-state index is 0.0169. The molecule has 1 unspecified atom stereocenters. The van der Waals surface area contributed by atoms with E-state index in [1.54, 1.807) is 33.3 Å². The smallest absolute Gasteiger partial charge is 0.226 e. The van der Waals surface area contributed by atoms with Crippen molar-refractivity contribution in [1.29, 1.82) is 0 Å². The van der Waals surface area contributed by atoms with Crippen molar-refractivity contribution in [3.8, 4) is 11.5 Å². The third-order valence-electron chi connectivity index (χ3n) is 7.34. The van der Waals surface area contributed by atoms with Gasteiger partial charge in [-0.15, -0.1) is 0 Å². The summed E-state index contributed by atoms with van der Waals surface area (Å²) in [5.74, 6) is 1.81. The van der Waals surface area contributed by atoms with Crippen molar-refractivity contribution in [2.45, 2.75) is 92.5 Å². The van der Waals surface area contributed by atoms with Crippen molar-refractivity contribution in [2.75, 3.05) is 54.8 Å². The van der Waals surface area contributed by atoms with Crippen molar-refractivity contribution in [3.63, 3.8) is 0 Å². The number of piperidine rings is 1. The fraction of sp³-hybridized carbons (Fsp3) is 0.600. The summed E-state index contributed by atoms with van der Waals surface area (Å²) >= 11 is 0. The largest absolute Gasteiger partial charge is 0.493 e. The number of hydrogen-bond acceptors (Lipinski definition) is 7. The van der Waals surface area contributed by atoms with Crippen LogP contribution in [0.5, 0.6) is 11.5 Å². The Hall–Kier alpha value is -3.20. The molecule has 48 heavy (non-hydrogen) atoms. The van der Waals surface area contributed by atoms with Crippen LogP contribution >= 0.6 is 0 Å². The molecule has 1 amide bonds. The van der Waals surface area contributed by atoms with Crippen LogP contribution in [0.25, 0.3) is 0 Å². The molecular weight excluding hydrogens is 606 g/mol. The van der Waals surface area contributed by atoms with Crippen molar-refractivity contribution in [3.05, 3.63) is 71.8 Å². The topological polar surface area (TPSA) is 94.5 Å². The van der Waals surface area contributed by atoms with Crippen LogP contribution in [0.3, 0.4) is 0 Å². The van der Waals surface area contributed by atoms with Gasteiger partial charge in [-0.1, -0.05) is 90.1 Å². The lowest BCUT2D eigenvalue weighted by atomic mass is 9.89. The molecule has 0 aromatic heterocycles. The van der Waals surface area contributed by atoms with E-state index in [0.717, 1.165) is 56.3 Å². The van der Waals surface area contributed by atoms with Gasteiger partial charge in [-0.05, 0) is 74.1 Å². The van der Waals surface area contributed by atoms with Gasteiger partial charge in [0.05, 0.1) is 40.1 Å². The standard InChI is InChI=1S/C17H29NO4.C17H20O2.C2H6O.2C2H6/c1-14(2)16(8-4-6-11-22-12-10-19)17(21)18-9-5-3-7-15(18)13-20;1-18-16-12-11-15(13-17(16)19-2)10-6-9-14-7-4-3-5-8-14;1-3-2;2*1-2/h4,6,13-16,19H,3,5,7-12H2,1-2H3;3-5,7-8,11-13H,6,9-10H2,1-2H3;1-2H3;2*1-2H3/b6-4-;;;;/t15?,16-;;;;/m1..../s1. The highest BCUT2D eigenvalue weighted by Gasteiger charge is 2.32. The van der Waals surface area contributed by atoms with E-state index in [0.29, 0.717) is 26.2 Å². The Morgan fingerprint density at radius 2 is 1.52 bits per heavy atom. The molecule has 0 bridgehead atoms. The Balaban J connectivity index is 0. The number of benzene rings is 2. The number of likely N-dealkylation sites (tertiary alicyclic amines) is 1. The molecule has 0 spiro atoms. The molecule has 2 aromatic rings. The number of aliphatic hydroxyl groups is 1. The van der Waals surface area contributed by atoms with Gasteiger partial charge >= 0.3 is 0 Å². The van der Waals surface area contributed by atoms with Crippen LogP contribution in [-0.2, 0) is 31.9 Å². The maximum atomic E-state index is 12.7. The highest BCUT2D eigenvalue weighted by atomic mass is 16.5. The highest BCUT2D eigenvalue weighted by Crippen LogP contribution is 2.28. The first-order chi connectivity index (χ1) is 23.4. The predicted molar refractivity (Wildman–Crippen MR) is 199 cm³/mol. The number of hydrogen-bond donors (Lipinski definition) is 1. The molecule has 2 atom stereocenters. The van der Waals surface area contributed by atoms with Crippen molar-refractivity contribution >= 4 is 12.2 Å². The summed E-state index contributed by atoms with van der Waals surface area (Å²) in [5.41, 5.74) is 2.68. The van der Waals surface area contributed by atoms with Gasteiger partial charge in [0.1, 0.15) is 6.29 Å². The molecule has 1 aliphatic rings. The molecule has 2 aromatic carbocycles. The van der Waals surface area contributed by atoms with Crippen LogP contribution in [-0.4, -0.2) is 83.0 Å². The van der Waals surface area contributed by atoms with E-state index in [1.165, 1.54) is 11.1 Å². The van der Waals surface area contributed by atoms with E-state index in [1.807, 2.05) is 59.8 Å². The van der Waals surface area contributed by atoms with Gasteiger partial charge in [-0.2, -0.15) is 0 Å². The van der Waals surface area contributed by atoms with Gasteiger partial charge in [-0.25, -0.2) is 0 Å². The fourth-order valence-electron chi connectivity index (χ4n) is 4.95. The van der Waals surface area contributed by atoms with Gasteiger partial charge in [-0.3, -0.25) is 4.79 Å². The summed E-state index contributed by atoms with van der Waals surface area (Å²) in [4.78, 5) is 25.7. The third-order valence-corrected chi connectivity index (χ3v) is 7.34. The quantitative estimate of drug-likeness (QED) is 0.116. The molecule has 274 valence electrons. The minimum atomic E-state index is -0.251. The first kappa shape index (κ1) is 46.9. The van der Waals surface area contributed by atoms with Crippen molar-refractivity contribution in [1.82, 2.24) is 4.90 Å². The van der Waals surface area contributed by atoms with E-state index >= 15 is 0 Å². The second-order valence-corrected chi connectivity index (χ2v) is 11.0. The Morgan fingerprint density at radius 1 is 0.896 bits per heavy atom. The Kier molecular flexibility index (Phi) is 31.6. The molecule has 1 N–H and O–H groups in total. The maximum absolute atomic E-state index is 12.7. The van der Waals surface area contributed by atoms with Gasteiger partial charge in [0.2, 0.25) is 5.91 Å². The molecule has 1 saturated heterocycles. The first-order valence-corrected chi connectivity index (χ1v) is 17.6. The lowest BCUT2D eigenvalue weighted by Gasteiger charge is -2.35. The number of aldehydes is 1. The predicted octanol–water partition coefficient (Wildman–Crippen LogP) is 7.99. The Labute approximate surface area is 292 Å². The van der Waals surface area contributed by atoms with Gasteiger partial charge < -0.3 is 33.7 Å². The van der Waals surface area contributed by atoms with E-state index < -0.39 is 0 Å². The second kappa shape index (κ2) is 32.4. The monoisotopic (exact) mass is 673 g/mol. The minimum Gasteiger partial charge on any atom is -0.493 e. The molecule has 0 saturated carbocycles. The fourth-order valence-corrected chi connectivity index (χ4v) is 4.95. The van der Waals surface area contributed by atoms with Crippen LogP contribution in [0.1, 0.15) is 84.8 Å². The number of methoxy groups -OCH3 is 3. The lowest BCUT2D eigenvalue weighted by molar-refractivity contribution is -0.143. The van der Waals surface area contributed by atoms with E-state index in [9.17, 15) is 9.59 Å². The number of rotatable bonds is 15. The van der Waals surface area contributed by atoms with Crippen molar-refractivity contribution in [2.24, 2.45) is 11.8 Å². The van der Waals surface area contributed by atoms with Gasteiger partial charge in [0.25, 0.3) is 0 Å². The molecule has 8 heteroatoms. The van der Waals surface area contributed by atoms with Crippen LogP contribution in [0.15, 0.2) is 60.7 Å². The Bertz CT molecular complexity index is 1060. The highest BCUT2D eigenvalue weighted by molar-refractivity contribution is 5.82. The average molecular weight is 674 g/mol. The SMILES string of the molecule is CC.CC.CC(C)[C@@H](C/C=C\COCCO)C(=O)N1CCCCC1C=O.COC.COc1ccc(CCCc2ccccc2)cc1OC. The first-order valence-electron chi connectivity index (χ1n) is 17.6. The Morgan fingerprint density at radius 3 is 2.08 bits per heavy atom. The zero-order valence-corrected chi connectivity index (χ0v) is 31.7. The average Bonchev–Trinajstić information content (AvgIpc) is 3.13. The van der Waals surface area contributed by atoms with Crippen LogP contribution in [0.2, 0.25) is 0 Å². The molecular formula is C40H67NO7. The van der Waals surface area contributed by atoms with E-state index in [4.69, 9.17) is 19.3 Å².